The van der Waals surface area contributed by atoms with Crippen LogP contribution in [0.1, 0.15) is 34.1 Å². The van der Waals surface area contributed by atoms with Crippen LogP contribution in [-0.2, 0) is 4.74 Å². The third-order valence-electron chi connectivity index (χ3n) is 1.89. The zero-order chi connectivity index (χ0) is 11.5. The van der Waals surface area contributed by atoms with Crippen molar-refractivity contribution in [1.82, 2.24) is 5.32 Å². The number of rotatable bonds is 2. The molecule has 1 N–H and O–H groups in total. The number of alkyl carbamates (subject to hydrolysis) is 1. The molecule has 0 aromatic heterocycles. The molecule has 0 aliphatic carbocycles. The number of nitrogens with one attached hydrogen (secondary N) is 1. The average molecular weight is 229 g/mol. The van der Waals surface area contributed by atoms with Crippen LogP contribution in [0, 0.1) is 0 Å². The number of thioether (sulfide) groups is 1. The summed E-state index contributed by atoms with van der Waals surface area (Å²) in [5.74, 6) is 0. The molecular formula is C11H19NO2S. The number of ether oxygens (including phenoxy) is 1. The van der Waals surface area contributed by atoms with Gasteiger partial charge >= 0.3 is 6.09 Å². The standard InChI is InChI=1S/C11H19NO2S/c1-8-5-6-9(15-8)7-12-10(13)14-11(2,3)4/h5,9H,6-7H2,1-4H3,(H,12,13). The Balaban J connectivity index is 2.18. The van der Waals surface area contributed by atoms with Crippen molar-refractivity contribution in [3.8, 4) is 0 Å². The molecule has 1 amide bonds. The molecule has 1 heterocycles. The summed E-state index contributed by atoms with van der Waals surface area (Å²) in [5.41, 5.74) is -0.416. The van der Waals surface area contributed by atoms with Gasteiger partial charge in [0, 0.05) is 11.8 Å². The van der Waals surface area contributed by atoms with Gasteiger partial charge in [-0.05, 0) is 39.0 Å². The van der Waals surface area contributed by atoms with Crippen molar-refractivity contribution in [3.63, 3.8) is 0 Å². The first-order valence-electron chi connectivity index (χ1n) is 5.17. The lowest BCUT2D eigenvalue weighted by Crippen LogP contribution is -2.35. The third-order valence-corrected chi connectivity index (χ3v) is 3.12. The smallest absolute Gasteiger partial charge is 0.407 e. The Hall–Kier alpha value is -0.640. The molecule has 1 aliphatic rings. The molecule has 0 bridgehead atoms. The second-order valence-corrected chi connectivity index (χ2v) is 6.22. The van der Waals surface area contributed by atoms with Gasteiger partial charge in [-0.1, -0.05) is 6.08 Å². The van der Waals surface area contributed by atoms with Crippen LogP contribution in [0.15, 0.2) is 11.0 Å². The Labute approximate surface area is 95.6 Å². The van der Waals surface area contributed by atoms with Gasteiger partial charge in [-0.15, -0.1) is 11.8 Å². The molecule has 3 nitrogen and oxygen atoms in total. The highest BCUT2D eigenvalue weighted by atomic mass is 32.2. The van der Waals surface area contributed by atoms with Crippen LogP contribution >= 0.6 is 11.8 Å². The number of hydrogen-bond acceptors (Lipinski definition) is 3. The minimum Gasteiger partial charge on any atom is -0.444 e. The molecule has 0 aromatic carbocycles. The van der Waals surface area contributed by atoms with Crippen LogP contribution in [0.2, 0.25) is 0 Å². The first kappa shape index (κ1) is 12.4. The first-order valence-corrected chi connectivity index (χ1v) is 6.05. The van der Waals surface area contributed by atoms with Crippen molar-refractivity contribution in [1.29, 1.82) is 0 Å². The van der Waals surface area contributed by atoms with E-state index in [-0.39, 0.29) is 6.09 Å². The monoisotopic (exact) mass is 229 g/mol. The minimum atomic E-state index is -0.416. The van der Waals surface area contributed by atoms with Crippen LogP contribution in [0.4, 0.5) is 4.79 Å². The predicted octanol–water partition coefficient (Wildman–Crippen LogP) is 2.92. The van der Waals surface area contributed by atoms with Crippen molar-refractivity contribution in [2.75, 3.05) is 6.54 Å². The van der Waals surface area contributed by atoms with E-state index in [0.29, 0.717) is 11.8 Å². The topological polar surface area (TPSA) is 38.3 Å². The molecule has 0 saturated heterocycles. The normalized spacial score (nSPS) is 21.1. The van der Waals surface area contributed by atoms with E-state index in [0.717, 1.165) is 6.42 Å². The van der Waals surface area contributed by atoms with Gasteiger partial charge in [0.15, 0.2) is 0 Å². The van der Waals surface area contributed by atoms with E-state index in [2.05, 4.69) is 18.3 Å². The van der Waals surface area contributed by atoms with Crippen LogP contribution in [-0.4, -0.2) is 23.5 Å². The highest BCUT2D eigenvalue weighted by molar-refractivity contribution is 8.03. The lowest BCUT2D eigenvalue weighted by Gasteiger charge is -2.20. The number of amides is 1. The highest BCUT2D eigenvalue weighted by Gasteiger charge is 2.19. The Morgan fingerprint density at radius 3 is 2.80 bits per heavy atom. The zero-order valence-corrected chi connectivity index (χ0v) is 10.6. The molecule has 4 heteroatoms. The summed E-state index contributed by atoms with van der Waals surface area (Å²) < 4.78 is 5.15. The SMILES string of the molecule is CC1=CCC(CNC(=O)OC(C)(C)C)S1. The maximum absolute atomic E-state index is 11.3. The lowest BCUT2D eigenvalue weighted by atomic mass is 10.2. The summed E-state index contributed by atoms with van der Waals surface area (Å²) in [7, 11) is 0. The summed E-state index contributed by atoms with van der Waals surface area (Å²) in [6, 6.07) is 0. The van der Waals surface area contributed by atoms with E-state index in [1.54, 1.807) is 0 Å². The van der Waals surface area contributed by atoms with Gasteiger partial charge in [-0.25, -0.2) is 4.79 Å². The van der Waals surface area contributed by atoms with Gasteiger partial charge in [0.05, 0.1) is 0 Å². The quantitative estimate of drug-likeness (QED) is 0.791. The van der Waals surface area contributed by atoms with Crippen molar-refractivity contribution in [2.24, 2.45) is 0 Å². The molecule has 1 rings (SSSR count). The van der Waals surface area contributed by atoms with Crippen molar-refractivity contribution >= 4 is 17.9 Å². The van der Waals surface area contributed by atoms with Crippen molar-refractivity contribution in [3.05, 3.63) is 11.0 Å². The minimum absolute atomic E-state index is 0.326. The van der Waals surface area contributed by atoms with E-state index in [1.807, 2.05) is 32.5 Å². The lowest BCUT2D eigenvalue weighted by molar-refractivity contribution is 0.0528. The molecule has 0 radical (unpaired) electrons. The van der Waals surface area contributed by atoms with E-state index >= 15 is 0 Å². The molecular weight excluding hydrogens is 210 g/mol. The fraction of sp³-hybridized carbons (Fsp3) is 0.727. The molecule has 0 spiro atoms. The summed E-state index contributed by atoms with van der Waals surface area (Å²) in [4.78, 5) is 12.7. The average Bonchev–Trinajstić information content (AvgIpc) is 2.45. The van der Waals surface area contributed by atoms with E-state index in [9.17, 15) is 4.79 Å². The van der Waals surface area contributed by atoms with Gasteiger partial charge < -0.3 is 10.1 Å². The summed E-state index contributed by atoms with van der Waals surface area (Å²) >= 11 is 1.82. The number of hydrogen-bond donors (Lipinski definition) is 1. The number of carbonyl (C=O) groups is 1. The fourth-order valence-electron chi connectivity index (χ4n) is 1.29. The fourth-order valence-corrected chi connectivity index (χ4v) is 2.37. The predicted molar refractivity (Wildman–Crippen MR) is 64.0 cm³/mol. The highest BCUT2D eigenvalue weighted by Crippen LogP contribution is 2.30. The number of allylic oxidation sites excluding steroid dienone is 2. The molecule has 1 unspecified atom stereocenters. The zero-order valence-electron chi connectivity index (χ0n) is 9.79. The van der Waals surface area contributed by atoms with Crippen molar-refractivity contribution < 1.29 is 9.53 Å². The third kappa shape index (κ3) is 5.11. The van der Waals surface area contributed by atoms with Crippen LogP contribution in [0.3, 0.4) is 0 Å². The van der Waals surface area contributed by atoms with Crippen LogP contribution in [0.25, 0.3) is 0 Å². The van der Waals surface area contributed by atoms with Crippen molar-refractivity contribution in [2.45, 2.75) is 45.0 Å². The second-order valence-electron chi connectivity index (χ2n) is 4.67. The van der Waals surface area contributed by atoms with Gasteiger partial charge in [0.2, 0.25) is 0 Å². The molecule has 15 heavy (non-hydrogen) atoms. The van der Waals surface area contributed by atoms with Gasteiger partial charge in [0.25, 0.3) is 0 Å². The Bertz CT molecular complexity index is 268. The Morgan fingerprint density at radius 2 is 2.33 bits per heavy atom. The maximum atomic E-state index is 11.3. The van der Waals surface area contributed by atoms with E-state index < -0.39 is 5.60 Å². The molecule has 0 saturated carbocycles. The van der Waals surface area contributed by atoms with Gasteiger partial charge in [-0.3, -0.25) is 0 Å². The maximum Gasteiger partial charge on any atom is 0.407 e. The van der Waals surface area contributed by atoms with E-state index in [1.165, 1.54) is 4.91 Å². The molecule has 0 fully saturated rings. The van der Waals surface area contributed by atoms with Gasteiger partial charge in [0.1, 0.15) is 5.60 Å². The number of carbonyl (C=O) groups excluding carboxylic acids is 1. The van der Waals surface area contributed by atoms with Crippen LogP contribution < -0.4 is 5.32 Å². The molecule has 86 valence electrons. The largest absolute Gasteiger partial charge is 0.444 e. The summed E-state index contributed by atoms with van der Waals surface area (Å²) in [6.07, 6.45) is 2.91. The first-order chi connectivity index (χ1) is 6.87. The summed E-state index contributed by atoms with van der Waals surface area (Å²) in [6.45, 7) is 8.36. The Kier molecular flexibility index (Phi) is 4.08. The summed E-state index contributed by atoms with van der Waals surface area (Å²) in [5, 5.41) is 3.26. The molecule has 0 aromatic rings. The van der Waals surface area contributed by atoms with Gasteiger partial charge in [-0.2, -0.15) is 0 Å². The Morgan fingerprint density at radius 1 is 1.67 bits per heavy atom. The van der Waals surface area contributed by atoms with Crippen LogP contribution in [0.5, 0.6) is 0 Å². The second kappa shape index (κ2) is 4.92. The van der Waals surface area contributed by atoms with E-state index in [4.69, 9.17) is 4.74 Å². The molecule has 1 aliphatic heterocycles. The molecule has 1 atom stereocenters.